The molecule has 0 atom stereocenters. The van der Waals surface area contributed by atoms with Gasteiger partial charge in [-0.25, -0.2) is 4.98 Å². The standard InChI is InChI=1S/C11H8ClNS/c1-6-13-11-9-5-8(12)3-2-7(9)4-10(11)14-6/h2-3,5H,4H2,1H3. The van der Waals surface area contributed by atoms with Crippen LogP contribution in [0.15, 0.2) is 18.2 Å². The van der Waals surface area contributed by atoms with Crippen molar-refractivity contribution in [1.82, 2.24) is 4.98 Å². The number of hydrogen-bond donors (Lipinski definition) is 0. The van der Waals surface area contributed by atoms with E-state index in [4.69, 9.17) is 11.6 Å². The van der Waals surface area contributed by atoms with Crippen molar-refractivity contribution in [3.05, 3.63) is 38.7 Å². The van der Waals surface area contributed by atoms with Gasteiger partial charge in [0, 0.05) is 21.9 Å². The van der Waals surface area contributed by atoms with Gasteiger partial charge in [0.1, 0.15) is 0 Å². The van der Waals surface area contributed by atoms with Crippen LogP contribution in [0.3, 0.4) is 0 Å². The molecule has 1 aromatic heterocycles. The minimum atomic E-state index is 0.794. The molecule has 0 bridgehead atoms. The third-order valence-corrected chi connectivity index (χ3v) is 3.69. The lowest BCUT2D eigenvalue weighted by Gasteiger charge is -1.98. The third-order valence-electron chi connectivity index (χ3n) is 2.48. The van der Waals surface area contributed by atoms with E-state index in [0.29, 0.717) is 0 Å². The second-order valence-corrected chi connectivity index (χ2v) is 5.21. The minimum absolute atomic E-state index is 0.794. The molecule has 0 saturated carbocycles. The predicted molar refractivity (Wildman–Crippen MR) is 60.1 cm³/mol. The average molecular weight is 222 g/mol. The maximum Gasteiger partial charge on any atom is 0.0904 e. The van der Waals surface area contributed by atoms with E-state index in [1.165, 1.54) is 16.0 Å². The van der Waals surface area contributed by atoms with Gasteiger partial charge in [0.05, 0.1) is 10.7 Å². The van der Waals surface area contributed by atoms with Crippen LogP contribution in [0.2, 0.25) is 5.02 Å². The first-order valence-corrected chi connectivity index (χ1v) is 5.68. The van der Waals surface area contributed by atoms with Crippen LogP contribution in [0.25, 0.3) is 11.3 Å². The van der Waals surface area contributed by atoms with Crippen LogP contribution in [-0.2, 0) is 6.42 Å². The van der Waals surface area contributed by atoms with Gasteiger partial charge in [-0.1, -0.05) is 17.7 Å². The monoisotopic (exact) mass is 221 g/mol. The first-order valence-electron chi connectivity index (χ1n) is 4.49. The molecular formula is C11H8ClNS. The number of aryl methyl sites for hydroxylation is 1. The summed E-state index contributed by atoms with van der Waals surface area (Å²) in [6.45, 7) is 2.05. The quantitative estimate of drug-likeness (QED) is 0.565. The fourth-order valence-electron chi connectivity index (χ4n) is 1.90. The fraction of sp³-hybridized carbons (Fsp3) is 0.182. The van der Waals surface area contributed by atoms with E-state index in [0.717, 1.165) is 22.1 Å². The van der Waals surface area contributed by atoms with E-state index < -0.39 is 0 Å². The smallest absolute Gasteiger partial charge is 0.0904 e. The van der Waals surface area contributed by atoms with E-state index >= 15 is 0 Å². The van der Waals surface area contributed by atoms with E-state index in [9.17, 15) is 0 Å². The number of benzene rings is 1. The first kappa shape index (κ1) is 8.45. The van der Waals surface area contributed by atoms with Gasteiger partial charge in [0.25, 0.3) is 0 Å². The molecule has 0 fully saturated rings. The molecule has 1 aliphatic carbocycles. The maximum absolute atomic E-state index is 5.97. The summed E-state index contributed by atoms with van der Waals surface area (Å²) < 4.78 is 0. The summed E-state index contributed by atoms with van der Waals surface area (Å²) in [5.41, 5.74) is 3.71. The first-order chi connectivity index (χ1) is 6.74. The number of aromatic nitrogens is 1. The van der Waals surface area contributed by atoms with Gasteiger partial charge in [-0.05, 0) is 24.6 Å². The molecule has 0 unspecified atom stereocenters. The Morgan fingerprint density at radius 2 is 2.29 bits per heavy atom. The van der Waals surface area contributed by atoms with E-state index in [1.807, 2.05) is 19.1 Å². The summed E-state index contributed by atoms with van der Waals surface area (Å²) in [6, 6.07) is 6.06. The number of hydrogen-bond acceptors (Lipinski definition) is 2. The molecule has 0 saturated heterocycles. The second kappa shape index (κ2) is 2.81. The van der Waals surface area contributed by atoms with Gasteiger partial charge in [-0.15, -0.1) is 11.3 Å². The van der Waals surface area contributed by atoms with Crippen molar-refractivity contribution in [3.63, 3.8) is 0 Å². The van der Waals surface area contributed by atoms with Crippen molar-refractivity contribution in [2.45, 2.75) is 13.3 Å². The van der Waals surface area contributed by atoms with Crippen LogP contribution >= 0.6 is 22.9 Å². The molecule has 0 aliphatic heterocycles. The largest absolute Gasteiger partial charge is 0.241 e. The van der Waals surface area contributed by atoms with Crippen LogP contribution in [0.1, 0.15) is 15.4 Å². The van der Waals surface area contributed by atoms with Crippen LogP contribution in [0.4, 0.5) is 0 Å². The van der Waals surface area contributed by atoms with Crippen molar-refractivity contribution in [2.24, 2.45) is 0 Å². The van der Waals surface area contributed by atoms with Crippen molar-refractivity contribution in [1.29, 1.82) is 0 Å². The molecular weight excluding hydrogens is 214 g/mol. The van der Waals surface area contributed by atoms with Crippen LogP contribution in [-0.4, -0.2) is 4.98 Å². The summed E-state index contributed by atoms with van der Waals surface area (Å²) in [5, 5.41) is 1.93. The Morgan fingerprint density at radius 3 is 3.14 bits per heavy atom. The molecule has 0 spiro atoms. The molecule has 2 aromatic rings. The molecule has 1 nitrogen and oxygen atoms in total. The molecule has 1 aromatic carbocycles. The van der Waals surface area contributed by atoms with Gasteiger partial charge in [-0.3, -0.25) is 0 Å². The highest BCUT2D eigenvalue weighted by Crippen LogP contribution is 2.40. The third kappa shape index (κ3) is 1.11. The van der Waals surface area contributed by atoms with Gasteiger partial charge in [0.15, 0.2) is 0 Å². The van der Waals surface area contributed by atoms with Crippen molar-refractivity contribution in [2.75, 3.05) is 0 Å². The number of nitrogens with zero attached hydrogens (tertiary/aromatic N) is 1. The highest BCUT2D eigenvalue weighted by molar-refractivity contribution is 7.12. The molecule has 14 heavy (non-hydrogen) atoms. The Kier molecular flexibility index (Phi) is 1.70. The summed E-state index contributed by atoms with van der Waals surface area (Å²) in [6.07, 6.45) is 1.02. The summed E-state index contributed by atoms with van der Waals surface area (Å²) >= 11 is 7.76. The lowest BCUT2D eigenvalue weighted by atomic mass is 10.1. The number of halogens is 1. The molecule has 3 rings (SSSR count). The molecule has 1 heterocycles. The number of fused-ring (bicyclic) bond motifs is 3. The number of rotatable bonds is 0. The lowest BCUT2D eigenvalue weighted by Crippen LogP contribution is -1.80. The van der Waals surface area contributed by atoms with Crippen molar-refractivity contribution in [3.8, 4) is 11.3 Å². The maximum atomic E-state index is 5.97. The molecule has 0 amide bonds. The zero-order chi connectivity index (χ0) is 9.71. The van der Waals surface area contributed by atoms with Gasteiger partial charge in [-0.2, -0.15) is 0 Å². The predicted octanol–water partition coefficient (Wildman–Crippen LogP) is 3.68. The Balaban J connectivity index is 2.28. The zero-order valence-electron chi connectivity index (χ0n) is 7.67. The van der Waals surface area contributed by atoms with E-state index in [2.05, 4.69) is 11.1 Å². The molecule has 3 heteroatoms. The second-order valence-electron chi connectivity index (χ2n) is 3.48. The Hall–Kier alpha value is -0.860. The Morgan fingerprint density at radius 1 is 1.43 bits per heavy atom. The summed E-state index contributed by atoms with van der Waals surface area (Å²) in [5.74, 6) is 0. The minimum Gasteiger partial charge on any atom is -0.241 e. The highest BCUT2D eigenvalue weighted by atomic mass is 35.5. The van der Waals surface area contributed by atoms with E-state index in [1.54, 1.807) is 11.3 Å². The zero-order valence-corrected chi connectivity index (χ0v) is 9.25. The van der Waals surface area contributed by atoms with Gasteiger partial charge < -0.3 is 0 Å². The average Bonchev–Trinajstić information content (AvgIpc) is 2.62. The number of thiazole rings is 1. The van der Waals surface area contributed by atoms with Gasteiger partial charge >= 0.3 is 0 Å². The van der Waals surface area contributed by atoms with Crippen LogP contribution < -0.4 is 0 Å². The van der Waals surface area contributed by atoms with E-state index in [-0.39, 0.29) is 0 Å². The van der Waals surface area contributed by atoms with Crippen LogP contribution in [0.5, 0.6) is 0 Å². The highest BCUT2D eigenvalue weighted by Gasteiger charge is 2.22. The molecule has 1 aliphatic rings. The fourth-order valence-corrected chi connectivity index (χ4v) is 3.04. The summed E-state index contributed by atoms with van der Waals surface area (Å²) in [4.78, 5) is 5.91. The van der Waals surface area contributed by atoms with Gasteiger partial charge in [0.2, 0.25) is 0 Å². The SMILES string of the molecule is Cc1nc2c(s1)Cc1ccc(Cl)cc1-2. The van der Waals surface area contributed by atoms with Crippen molar-refractivity contribution >= 4 is 22.9 Å². The Labute approximate surface area is 91.4 Å². The van der Waals surface area contributed by atoms with Crippen LogP contribution in [0, 0.1) is 6.92 Å². The summed E-state index contributed by atoms with van der Waals surface area (Å²) in [7, 11) is 0. The molecule has 70 valence electrons. The van der Waals surface area contributed by atoms with Crippen molar-refractivity contribution < 1.29 is 0 Å². The molecule has 0 radical (unpaired) electrons. The normalized spacial score (nSPS) is 12.7. The molecule has 0 N–H and O–H groups in total. The topological polar surface area (TPSA) is 12.9 Å². The Bertz CT molecular complexity index is 516. The lowest BCUT2D eigenvalue weighted by molar-refractivity contribution is 1.29.